The van der Waals surface area contributed by atoms with Gasteiger partial charge in [-0.1, -0.05) is 39.7 Å². The van der Waals surface area contributed by atoms with Gasteiger partial charge in [0, 0.05) is 10.0 Å². The quantitative estimate of drug-likeness (QED) is 0.847. The highest BCUT2D eigenvalue weighted by Crippen LogP contribution is 2.34. The summed E-state index contributed by atoms with van der Waals surface area (Å²) in [6, 6.07) is 9.21. The largest absolute Gasteiger partial charge is 0.309 e. The predicted octanol–water partition coefficient (Wildman–Crippen LogP) is 4.82. The normalized spacial score (nSPS) is 12.5. The van der Waals surface area contributed by atoms with Crippen molar-refractivity contribution in [3.63, 3.8) is 0 Å². The number of hydrogen-bond donors (Lipinski definition) is 1. The predicted molar refractivity (Wildman–Crippen MR) is 85.7 cm³/mol. The van der Waals surface area contributed by atoms with Gasteiger partial charge in [0.1, 0.15) is 5.82 Å². The minimum atomic E-state index is -0.196. The van der Waals surface area contributed by atoms with Gasteiger partial charge in [0.25, 0.3) is 0 Å². The molecular formula is C17H19BrFN. The first-order chi connectivity index (χ1) is 9.45. The van der Waals surface area contributed by atoms with Crippen LogP contribution in [0.5, 0.6) is 0 Å². The molecule has 20 heavy (non-hydrogen) atoms. The fourth-order valence-corrected chi connectivity index (χ4v) is 3.44. The van der Waals surface area contributed by atoms with Crippen molar-refractivity contribution < 1.29 is 4.39 Å². The monoisotopic (exact) mass is 335 g/mol. The van der Waals surface area contributed by atoms with E-state index in [0.717, 1.165) is 10.0 Å². The molecule has 0 amide bonds. The highest BCUT2D eigenvalue weighted by Gasteiger charge is 2.22. The van der Waals surface area contributed by atoms with Crippen molar-refractivity contribution in [2.45, 2.75) is 26.8 Å². The van der Waals surface area contributed by atoms with E-state index in [4.69, 9.17) is 0 Å². The summed E-state index contributed by atoms with van der Waals surface area (Å²) >= 11 is 3.47. The van der Waals surface area contributed by atoms with Crippen LogP contribution >= 0.6 is 15.9 Å². The maximum absolute atomic E-state index is 14.2. The maximum Gasteiger partial charge on any atom is 0.129 e. The van der Waals surface area contributed by atoms with Gasteiger partial charge in [-0.3, -0.25) is 0 Å². The second-order valence-electron chi connectivity index (χ2n) is 5.17. The van der Waals surface area contributed by atoms with E-state index in [1.165, 1.54) is 22.8 Å². The summed E-state index contributed by atoms with van der Waals surface area (Å²) < 4.78 is 15.0. The Hall–Kier alpha value is -1.19. The number of nitrogens with one attached hydrogen (secondary N) is 1. The average Bonchev–Trinajstić information content (AvgIpc) is 2.35. The summed E-state index contributed by atoms with van der Waals surface area (Å²) in [5.74, 6) is -0.196. The molecule has 0 aliphatic rings. The fraction of sp³-hybridized carbons (Fsp3) is 0.294. The summed E-state index contributed by atoms with van der Waals surface area (Å²) in [5, 5.41) is 3.25. The van der Waals surface area contributed by atoms with Crippen molar-refractivity contribution in [1.82, 2.24) is 5.32 Å². The Kier molecular flexibility index (Phi) is 4.61. The Bertz CT molecular complexity index is 594. The van der Waals surface area contributed by atoms with E-state index in [1.807, 2.05) is 13.1 Å². The molecule has 0 spiro atoms. The van der Waals surface area contributed by atoms with Gasteiger partial charge < -0.3 is 5.32 Å². The lowest BCUT2D eigenvalue weighted by atomic mass is 9.90. The Morgan fingerprint density at radius 1 is 1.05 bits per heavy atom. The lowest BCUT2D eigenvalue weighted by molar-refractivity contribution is 0.572. The molecule has 1 N–H and O–H groups in total. The molecular weight excluding hydrogens is 317 g/mol. The van der Waals surface area contributed by atoms with Crippen LogP contribution in [-0.2, 0) is 0 Å². The molecule has 1 unspecified atom stereocenters. The summed E-state index contributed by atoms with van der Waals surface area (Å²) in [4.78, 5) is 0. The second-order valence-corrected chi connectivity index (χ2v) is 6.02. The van der Waals surface area contributed by atoms with Gasteiger partial charge in [-0.05, 0) is 56.6 Å². The van der Waals surface area contributed by atoms with Crippen molar-refractivity contribution in [3.05, 3.63) is 68.4 Å². The van der Waals surface area contributed by atoms with Crippen LogP contribution in [0.2, 0.25) is 0 Å². The van der Waals surface area contributed by atoms with Crippen molar-refractivity contribution in [2.75, 3.05) is 7.05 Å². The second kappa shape index (κ2) is 6.06. The molecule has 0 aliphatic heterocycles. The van der Waals surface area contributed by atoms with E-state index in [2.05, 4.69) is 54.2 Å². The molecule has 0 saturated carbocycles. The first kappa shape index (κ1) is 15.2. The standard InChI is InChI=1S/C17H19BrFN/c1-10-8-11(2)15(12(3)9-10)17(20-4)16-13(18)6-5-7-14(16)19/h5-9,17,20H,1-4H3. The minimum Gasteiger partial charge on any atom is -0.309 e. The fourth-order valence-electron chi connectivity index (χ4n) is 2.87. The van der Waals surface area contributed by atoms with Crippen LogP contribution in [0.15, 0.2) is 34.8 Å². The highest BCUT2D eigenvalue weighted by atomic mass is 79.9. The maximum atomic E-state index is 14.2. The van der Waals surface area contributed by atoms with Crippen LogP contribution in [0.3, 0.4) is 0 Å². The third-order valence-corrected chi connectivity index (χ3v) is 4.30. The van der Waals surface area contributed by atoms with Crippen LogP contribution in [0.4, 0.5) is 4.39 Å². The van der Waals surface area contributed by atoms with Gasteiger partial charge in [0.05, 0.1) is 6.04 Å². The van der Waals surface area contributed by atoms with Gasteiger partial charge in [0.15, 0.2) is 0 Å². The summed E-state index contributed by atoms with van der Waals surface area (Å²) in [6.45, 7) is 6.24. The van der Waals surface area contributed by atoms with E-state index >= 15 is 0 Å². The number of aryl methyl sites for hydroxylation is 3. The number of rotatable bonds is 3. The molecule has 2 rings (SSSR count). The molecule has 2 aromatic carbocycles. The third-order valence-electron chi connectivity index (χ3n) is 3.60. The van der Waals surface area contributed by atoms with Gasteiger partial charge in [0.2, 0.25) is 0 Å². The Balaban J connectivity index is 2.65. The number of hydrogen-bond acceptors (Lipinski definition) is 1. The molecule has 2 aromatic rings. The Morgan fingerprint density at radius 2 is 1.65 bits per heavy atom. The van der Waals surface area contributed by atoms with Gasteiger partial charge in [-0.15, -0.1) is 0 Å². The zero-order chi connectivity index (χ0) is 14.9. The first-order valence-corrected chi connectivity index (χ1v) is 7.44. The van der Waals surface area contributed by atoms with Crippen LogP contribution < -0.4 is 5.32 Å². The van der Waals surface area contributed by atoms with Crippen molar-refractivity contribution >= 4 is 15.9 Å². The van der Waals surface area contributed by atoms with Gasteiger partial charge in [-0.2, -0.15) is 0 Å². The molecule has 0 fully saturated rings. The summed E-state index contributed by atoms with van der Waals surface area (Å²) in [7, 11) is 1.86. The van der Waals surface area contributed by atoms with E-state index in [0.29, 0.717) is 5.56 Å². The van der Waals surface area contributed by atoms with E-state index < -0.39 is 0 Å². The van der Waals surface area contributed by atoms with Crippen molar-refractivity contribution in [2.24, 2.45) is 0 Å². The number of halogens is 2. The molecule has 1 nitrogen and oxygen atoms in total. The Morgan fingerprint density at radius 3 is 2.15 bits per heavy atom. The zero-order valence-corrected chi connectivity index (χ0v) is 13.8. The minimum absolute atomic E-state index is 0.161. The van der Waals surface area contributed by atoms with Gasteiger partial charge >= 0.3 is 0 Å². The summed E-state index contributed by atoms with van der Waals surface area (Å²) in [6.07, 6.45) is 0. The molecule has 0 saturated heterocycles. The molecule has 106 valence electrons. The Labute approximate surface area is 128 Å². The van der Waals surface area contributed by atoms with Gasteiger partial charge in [-0.25, -0.2) is 4.39 Å². The smallest absolute Gasteiger partial charge is 0.129 e. The van der Waals surface area contributed by atoms with Crippen LogP contribution in [-0.4, -0.2) is 7.05 Å². The first-order valence-electron chi connectivity index (χ1n) is 6.64. The molecule has 0 aliphatic carbocycles. The third kappa shape index (κ3) is 2.79. The van der Waals surface area contributed by atoms with Crippen LogP contribution in [0.25, 0.3) is 0 Å². The lowest BCUT2D eigenvalue weighted by Gasteiger charge is -2.23. The molecule has 0 bridgehead atoms. The summed E-state index contributed by atoms with van der Waals surface area (Å²) in [5.41, 5.74) is 5.38. The molecule has 0 heterocycles. The number of benzene rings is 2. The zero-order valence-electron chi connectivity index (χ0n) is 12.2. The average molecular weight is 336 g/mol. The van der Waals surface area contributed by atoms with E-state index in [-0.39, 0.29) is 11.9 Å². The van der Waals surface area contributed by atoms with Crippen LogP contribution in [0, 0.1) is 26.6 Å². The van der Waals surface area contributed by atoms with Crippen molar-refractivity contribution in [1.29, 1.82) is 0 Å². The highest BCUT2D eigenvalue weighted by molar-refractivity contribution is 9.10. The molecule has 0 radical (unpaired) electrons. The topological polar surface area (TPSA) is 12.0 Å². The van der Waals surface area contributed by atoms with E-state index in [1.54, 1.807) is 6.07 Å². The molecule has 1 atom stereocenters. The SMILES string of the molecule is CNC(c1c(C)cc(C)cc1C)c1c(F)cccc1Br. The van der Waals surface area contributed by atoms with Crippen LogP contribution in [0.1, 0.15) is 33.9 Å². The molecule has 3 heteroatoms. The lowest BCUT2D eigenvalue weighted by Crippen LogP contribution is -2.21. The molecule has 0 aromatic heterocycles. The van der Waals surface area contributed by atoms with E-state index in [9.17, 15) is 4.39 Å². The van der Waals surface area contributed by atoms with Crippen molar-refractivity contribution in [3.8, 4) is 0 Å².